The molecule has 106 valence electrons. The summed E-state index contributed by atoms with van der Waals surface area (Å²) < 4.78 is 5.73. The summed E-state index contributed by atoms with van der Waals surface area (Å²) in [7, 11) is 0. The van der Waals surface area contributed by atoms with E-state index in [0.717, 1.165) is 12.8 Å². The second kappa shape index (κ2) is 7.67. The Hall–Kier alpha value is -1.71. The summed E-state index contributed by atoms with van der Waals surface area (Å²) in [5.74, 6) is -0.568. The van der Waals surface area contributed by atoms with Gasteiger partial charge >= 0.3 is 5.97 Å². The first-order valence-electron chi connectivity index (χ1n) is 6.84. The molecule has 0 radical (unpaired) electrons. The molecule has 1 rings (SSSR count). The standard InChI is InChI=1S/C15H23NO3/c1-3-4-5-6-8-11(2)19-13-10-7-9-12(14(13)16)15(17)18/h7,9-11H,3-6,8,16H2,1-2H3,(H,17,18). The van der Waals surface area contributed by atoms with Crippen molar-refractivity contribution in [3.8, 4) is 5.75 Å². The van der Waals surface area contributed by atoms with Gasteiger partial charge in [-0.25, -0.2) is 4.79 Å². The fourth-order valence-electron chi connectivity index (χ4n) is 1.97. The number of hydrogen-bond donors (Lipinski definition) is 2. The first-order chi connectivity index (χ1) is 9.06. The predicted octanol–water partition coefficient (Wildman–Crippen LogP) is 3.70. The molecule has 19 heavy (non-hydrogen) atoms. The number of hydrogen-bond acceptors (Lipinski definition) is 3. The van der Waals surface area contributed by atoms with Crippen LogP contribution >= 0.6 is 0 Å². The van der Waals surface area contributed by atoms with Crippen LogP contribution in [-0.4, -0.2) is 17.2 Å². The number of rotatable bonds is 8. The first kappa shape index (κ1) is 15.3. The maximum Gasteiger partial charge on any atom is 0.337 e. The Balaban J connectivity index is 2.57. The van der Waals surface area contributed by atoms with Crippen LogP contribution in [0.2, 0.25) is 0 Å². The van der Waals surface area contributed by atoms with Crippen LogP contribution in [0.25, 0.3) is 0 Å². The fourth-order valence-corrected chi connectivity index (χ4v) is 1.97. The summed E-state index contributed by atoms with van der Waals surface area (Å²) in [6, 6.07) is 4.85. The van der Waals surface area contributed by atoms with Gasteiger partial charge in [-0.05, 0) is 31.9 Å². The highest BCUT2D eigenvalue weighted by Crippen LogP contribution is 2.27. The van der Waals surface area contributed by atoms with Gasteiger partial charge in [0.05, 0.1) is 17.4 Å². The van der Waals surface area contributed by atoms with Crippen molar-refractivity contribution in [3.05, 3.63) is 23.8 Å². The zero-order valence-corrected chi connectivity index (χ0v) is 11.7. The number of carbonyl (C=O) groups is 1. The number of ether oxygens (including phenoxy) is 1. The van der Waals surface area contributed by atoms with Crippen molar-refractivity contribution in [3.63, 3.8) is 0 Å². The normalized spacial score (nSPS) is 12.1. The maximum atomic E-state index is 11.0. The Kier molecular flexibility index (Phi) is 6.19. The van der Waals surface area contributed by atoms with Gasteiger partial charge in [0.25, 0.3) is 0 Å². The fraction of sp³-hybridized carbons (Fsp3) is 0.533. The molecule has 4 nitrogen and oxygen atoms in total. The van der Waals surface area contributed by atoms with Crippen molar-refractivity contribution < 1.29 is 14.6 Å². The third kappa shape index (κ3) is 4.81. The number of carboxylic acid groups (broad SMARTS) is 1. The summed E-state index contributed by atoms with van der Waals surface area (Å²) in [5.41, 5.74) is 6.10. The van der Waals surface area contributed by atoms with E-state index in [-0.39, 0.29) is 17.4 Å². The van der Waals surface area contributed by atoms with Gasteiger partial charge in [-0.2, -0.15) is 0 Å². The molecule has 0 bridgehead atoms. The number of nitrogens with two attached hydrogens (primary N) is 1. The number of benzene rings is 1. The van der Waals surface area contributed by atoms with Crippen LogP contribution in [0.1, 0.15) is 56.3 Å². The molecule has 4 heteroatoms. The quantitative estimate of drug-likeness (QED) is 0.555. The van der Waals surface area contributed by atoms with Gasteiger partial charge < -0.3 is 15.6 Å². The minimum atomic E-state index is -1.03. The highest BCUT2D eigenvalue weighted by molar-refractivity contribution is 5.95. The Morgan fingerprint density at radius 2 is 2.11 bits per heavy atom. The third-order valence-electron chi connectivity index (χ3n) is 3.09. The van der Waals surface area contributed by atoms with Crippen molar-refractivity contribution >= 4 is 11.7 Å². The van der Waals surface area contributed by atoms with Crippen molar-refractivity contribution in [2.45, 2.75) is 52.1 Å². The number of carboxylic acids is 1. The van der Waals surface area contributed by atoms with Gasteiger partial charge in [-0.3, -0.25) is 0 Å². The topological polar surface area (TPSA) is 72.5 Å². The molecule has 3 N–H and O–H groups in total. The molecule has 0 aliphatic rings. The zero-order chi connectivity index (χ0) is 14.3. The van der Waals surface area contributed by atoms with Crippen LogP contribution < -0.4 is 10.5 Å². The number of aromatic carboxylic acids is 1. The molecular formula is C15H23NO3. The van der Waals surface area contributed by atoms with Crippen LogP contribution in [0.15, 0.2) is 18.2 Å². The lowest BCUT2D eigenvalue weighted by Crippen LogP contribution is -2.14. The number of unbranched alkanes of at least 4 members (excludes halogenated alkanes) is 3. The van der Waals surface area contributed by atoms with Crippen LogP contribution in [-0.2, 0) is 0 Å². The lowest BCUT2D eigenvalue weighted by molar-refractivity contribution is 0.0697. The van der Waals surface area contributed by atoms with E-state index in [9.17, 15) is 4.79 Å². The smallest absolute Gasteiger partial charge is 0.337 e. The molecule has 1 unspecified atom stereocenters. The van der Waals surface area contributed by atoms with E-state index in [2.05, 4.69) is 6.92 Å². The molecule has 0 amide bonds. The molecule has 0 saturated carbocycles. The highest BCUT2D eigenvalue weighted by Gasteiger charge is 2.13. The minimum absolute atomic E-state index is 0.0446. The second-order valence-electron chi connectivity index (χ2n) is 4.80. The molecular weight excluding hydrogens is 242 g/mol. The molecule has 0 saturated heterocycles. The summed E-state index contributed by atoms with van der Waals surface area (Å²) in [6.07, 6.45) is 5.77. The number of anilines is 1. The third-order valence-corrected chi connectivity index (χ3v) is 3.09. The molecule has 0 aliphatic heterocycles. The van der Waals surface area contributed by atoms with Crippen LogP contribution in [0, 0.1) is 0 Å². The average Bonchev–Trinajstić information content (AvgIpc) is 2.37. The van der Waals surface area contributed by atoms with Crippen molar-refractivity contribution in [1.29, 1.82) is 0 Å². The molecule has 1 atom stereocenters. The van der Waals surface area contributed by atoms with Gasteiger partial charge in [0.1, 0.15) is 5.75 Å². The monoisotopic (exact) mass is 265 g/mol. The maximum absolute atomic E-state index is 11.0. The predicted molar refractivity (Wildman–Crippen MR) is 76.7 cm³/mol. The molecule has 0 fully saturated rings. The van der Waals surface area contributed by atoms with Crippen LogP contribution in [0.5, 0.6) is 5.75 Å². The van der Waals surface area contributed by atoms with Gasteiger partial charge in [0.15, 0.2) is 0 Å². The molecule has 0 aliphatic carbocycles. The van der Waals surface area contributed by atoms with Gasteiger partial charge in [0.2, 0.25) is 0 Å². The Labute approximate surface area is 114 Å². The van der Waals surface area contributed by atoms with E-state index < -0.39 is 5.97 Å². The largest absolute Gasteiger partial charge is 0.489 e. The van der Waals surface area contributed by atoms with E-state index in [4.69, 9.17) is 15.6 Å². The lowest BCUT2D eigenvalue weighted by Gasteiger charge is -2.16. The van der Waals surface area contributed by atoms with E-state index in [1.165, 1.54) is 25.3 Å². The second-order valence-corrected chi connectivity index (χ2v) is 4.80. The lowest BCUT2D eigenvalue weighted by atomic mass is 10.1. The van der Waals surface area contributed by atoms with E-state index in [1.54, 1.807) is 12.1 Å². The van der Waals surface area contributed by atoms with Crippen molar-refractivity contribution in [1.82, 2.24) is 0 Å². The SMILES string of the molecule is CCCCCCC(C)Oc1cccc(C(=O)O)c1N. The van der Waals surface area contributed by atoms with Crippen molar-refractivity contribution in [2.75, 3.05) is 5.73 Å². The molecule has 0 spiro atoms. The molecule has 1 aromatic rings. The molecule has 0 aromatic heterocycles. The molecule has 1 aromatic carbocycles. The van der Waals surface area contributed by atoms with E-state index in [1.807, 2.05) is 6.92 Å². The number of nitrogen functional groups attached to an aromatic ring is 1. The van der Waals surface area contributed by atoms with Crippen LogP contribution in [0.4, 0.5) is 5.69 Å². The Morgan fingerprint density at radius 3 is 2.74 bits per heavy atom. The molecule has 0 heterocycles. The Morgan fingerprint density at radius 1 is 1.37 bits per heavy atom. The van der Waals surface area contributed by atoms with E-state index >= 15 is 0 Å². The average molecular weight is 265 g/mol. The van der Waals surface area contributed by atoms with Gasteiger partial charge in [-0.15, -0.1) is 0 Å². The highest BCUT2D eigenvalue weighted by atomic mass is 16.5. The first-order valence-corrected chi connectivity index (χ1v) is 6.84. The Bertz CT molecular complexity index is 418. The summed E-state index contributed by atoms with van der Waals surface area (Å²) in [4.78, 5) is 11.0. The summed E-state index contributed by atoms with van der Waals surface area (Å²) >= 11 is 0. The van der Waals surface area contributed by atoms with Crippen LogP contribution in [0.3, 0.4) is 0 Å². The summed E-state index contributed by atoms with van der Waals surface area (Å²) in [5, 5.41) is 8.99. The zero-order valence-electron chi connectivity index (χ0n) is 11.7. The van der Waals surface area contributed by atoms with Crippen molar-refractivity contribution in [2.24, 2.45) is 0 Å². The van der Waals surface area contributed by atoms with Gasteiger partial charge in [0, 0.05) is 0 Å². The minimum Gasteiger partial charge on any atom is -0.489 e. The van der Waals surface area contributed by atoms with Gasteiger partial charge in [-0.1, -0.05) is 32.3 Å². The summed E-state index contributed by atoms with van der Waals surface area (Å²) in [6.45, 7) is 4.16. The number of para-hydroxylation sites is 1. The van der Waals surface area contributed by atoms with E-state index in [0.29, 0.717) is 5.75 Å².